The third-order valence-corrected chi connectivity index (χ3v) is 3.20. The zero-order chi connectivity index (χ0) is 10.7. The molecule has 1 aromatic rings. The van der Waals surface area contributed by atoms with Gasteiger partial charge in [0.1, 0.15) is 5.75 Å². The molecule has 81 valence electrons. The van der Waals surface area contributed by atoms with E-state index >= 15 is 0 Å². The van der Waals surface area contributed by atoms with Gasteiger partial charge in [-0.1, -0.05) is 18.5 Å². The molecular weight excluding hydrogens is 278 g/mol. The molecule has 0 amide bonds. The molecule has 2 nitrogen and oxygen atoms in total. The van der Waals surface area contributed by atoms with Crippen molar-refractivity contribution in [3.63, 3.8) is 0 Å². The Balaban J connectivity index is 0.00000196. The molecule has 15 heavy (non-hydrogen) atoms. The van der Waals surface area contributed by atoms with Gasteiger partial charge in [0.15, 0.2) is 0 Å². The van der Waals surface area contributed by atoms with Gasteiger partial charge in [0.2, 0.25) is 0 Å². The summed E-state index contributed by atoms with van der Waals surface area (Å²) in [6.07, 6.45) is 0.637. The van der Waals surface area contributed by atoms with Crippen molar-refractivity contribution in [2.75, 3.05) is 6.61 Å². The first-order valence-electron chi connectivity index (χ1n) is 4.32. The number of benzene rings is 1. The van der Waals surface area contributed by atoms with Crippen LogP contribution in [0.5, 0.6) is 5.75 Å². The quantitative estimate of drug-likeness (QED) is 0.840. The van der Waals surface area contributed by atoms with Gasteiger partial charge in [-0.05, 0) is 46.0 Å². The highest BCUT2D eigenvalue weighted by molar-refractivity contribution is 9.10. The van der Waals surface area contributed by atoms with Crippen LogP contribution >= 0.6 is 27.5 Å². The predicted molar refractivity (Wildman–Crippen MR) is 66.5 cm³/mol. The van der Waals surface area contributed by atoms with Crippen molar-refractivity contribution in [2.45, 2.75) is 13.3 Å². The van der Waals surface area contributed by atoms with E-state index in [9.17, 15) is 5.11 Å². The molecule has 0 aliphatic carbocycles. The van der Waals surface area contributed by atoms with Gasteiger partial charge in [-0.3, -0.25) is 0 Å². The number of hydrogen-bond donors (Lipinski definition) is 2. The van der Waals surface area contributed by atoms with Crippen molar-refractivity contribution < 1.29 is 10.2 Å². The topological polar surface area (TPSA) is 40.5 Å². The van der Waals surface area contributed by atoms with Crippen LogP contribution in [0, 0.1) is 5.92 Å². The maximum atomic E-state index is 9.57. The second kappa shape index (κ2) is 6.41. The first kappa shape index (κ1) is 14.8. The Morgan fingerprint density at radius 2 is 2.07 bits per heavy atom. The summed E-state index contributed by atoms with van der Waals surface area (Å²) in [7, 11) is 0. The summed E-state index contributed by atoms with van der Waals surface area (Å²) >= 11 is 9.09. The van der Waals surface area contributed by atoms with Gasteiger partial charge in [-0.2, -0.15) is 0 Å². The lowest BCUT2D eigenvalue weighted by atomic mass is 10.0. The van der Waals surface area contributed by atoms with Crippen LogP contribution in [0.15, 0.2) is 16.6 Å². The molecule has 0 bridgehead atoms. The second-order valence-corrected chi connectivity index (χ2v) is 4.65. The number of halogens is 2. The highest BCUT2D eigenvalue weighted by Crippen LogP contribution is 2.31. The molecule has 0 heterocycles. The van der Waals surface area contributed by atoms with E-state index < -0.39 is 0 Å². The number of phenolic OH excluding ortho intramolecular Hbond substituents is 1. The van der Waals surface area contributed by atoms with Crippen LogP contribution in [0.4, 0.5) is 0 Å². The molecule has 0 fully saturated rings. The maximum Gasteiger partial charge on any atom is 0.120 e. The minimum Gasteiger partial charge on any atom is -0.508 e. The molecule has 1 unspecified atom stereocenters. The van der Waals surface area contributed by atoms with Crippen molar-refractivity contribution >= 4 is 35.9 Å². The molecule has 0 spiro atoms. The summed E-state index contributed by atoms with van der Waals surface area (Å²) in [4.78, 5) is 0. The second-order valence-electron chi connectivity index (χ2n) is 3.39. The Hall–Kier alpha value is -0.185. The standard InChI is InChI=1S/C10H12BrClO2.B/c1-6(5-13)2-7-3-8(11)9(12)4-10(7)14;/h3-4,6,13-14H,2,5H2,1H3;. The van der Waals surface area contributed by atoms with Gasteiger partial charge < -0.3 is 10.2 Å². The molecule has 2 N–H and O–H groups in total. The van der Waals surface area contributed by atoms with Gasteiger partial charge in [0.05, 0.1) is 5.02 Å². The summed E-state index contributed by atoms with van der Waals surface area (Å²) in [5.41, 5.74) is 0.794. The SMILES string of the molecule is CC(CO)Cc1cc(Br)c(Cl)cc1O.[B]. The van der Waals surface area contributed by atoms with Crippen LogP contribution in [0.2, 0.25) is 5.02 Å². The molecule has 0 aromatic heterocycles. The van der Waals surface area contributed by atoms with E-state index in [1.54, 1.807) is 6.07 Å². The van der Waals surface area contributed by atoms with Crippen molar-refractivity contribution in [3.8, 4) is 5.75 Å². The van der Waals surface area contributed by atoms with E-state index in [1.165, 1.54) is 6.07 Å². The fourth-order valence-corrected chi connectivity index (χ4v) is 1.73. The van der Waals surface area contributed by atoms with E-state index in [-0.39, 0.29) is 26.7 Å². The fraction of sp³-hybridized carbons (Fsp3) is 0.400. The fourth-order valence-electron chi connectivity index (χ4n) is 1.18. The molecule has 5 heteroatoms. The highest BCUT2D eigenvalue weighted by Gasteiger charge is 2.09. The number of aliphatic hydroxyl groups is 1. The number of rotatable bonds is 3. The van der Waals surface area contributed by atoms with Crippen molar-refractivity contribution in [3.05, 3.63) is 27.2 Å². The van der Waals surface area contributed by atoms with E-state index in [0.717, 1.165) is 10.0 Å². The average Bonchev–Trinajstić information content (AvgIpc) is 2.14. The van der Waals surface area contributed by atoms with Crippen LogP contribution in [-0.4, -0.2) is 25.2 Å². The monoisotopic (exact) mass is 289 g/mol. The third-order valence-electron chi connectivity index (χ3n) is 2.00. The molecule has 0 aliphatic heterocycles. The Labute approximate surface area is 105 Å². The molecular formula is C10H12BBrClO2. The molecule has 0 saturated heterocycles. The van der Waals surface area contributed by atoms with E-state index in [1.807, 2.05) is 6.92 Å². The van der Waals surface area contributed by atoms with Crippen molar-refractivity contribution in [2.24, 2.45) is 5.92 Å². The Bertz CT molecular complexity index is 333. The van der Waals surface area contributed by atoms with Crippen LogP contribution in [0.1, 0.15) is 12.5 Å². The summed E-state index contributed by atoms with van der Waals surface area (Å²) < 4.78 is 0.761. The lowest BCUT2D eigenvalue weighted by molar-refractivity contribution is 0.236. The lowest BCUT2D eigenvalue weighted by Gasteiger charge is -2.10. The van der Waals surface area contributed by atoms with Crippen LogP contribution in [-0.2, 0) is 6.42 Å². The van der Waals surface area contributed by atoms with Gasteiger partial charge >= 0.3 is 0 Å². The summed E-state index contributed by atoms with van der Waals surface area (Å²) in [6, 6.07) is 3.29. The van der Waals surface area contributed by atoms with E-state index in [4.69, 9.17) is 16.7 Å². The molecule has 1 atom stereocenters. The molecule has 3 radical (unpaired) electrons. The van der Waals surface area contributed by atoms with Gasteiger partial charge in [0, 0.05) is 19.5 Å². The maximum absolute atomic E-state index is 9.57. The Morgan fingerprint density at radius 1 is 1.47 bits per heavy atom. The molecule has 0 saturated carbocycles. The lowest BCUT2D eigenvalue weighted by Crippen LogP contribution is -2.04. The normalized spacial score (nSPS) is 12.0. The highest BCUT2D eigenvalue weighted by atomic mass is 79.9. The van der Waals surface area contributed by atoms with Crippen LogP contribution in [0.25, 0.3) is 0 Å². The Kier molecular flexibility index (Phi) is 6.33. The summed E-state index contributed by atoms with van der Waals surface area (Å²) in [6.45, 7) is 2.03. The number of hydrogen-bond acceptors (Lipinski definition) is 2. The Morgan fingerprint density at radius 3 is 2.60 bits per heavy atom. The summed E-state index contributed by atoms with van der Waals surface area (Å²) in [5.74, 6) is 0.312. The minimum atomic E-state index is 0. The average molecular weight is 290 g/mol. The zero-order valence-electron chi connectivity index (χ0n) is 8.37. The van der Waals surface area contributed by atoms with Crippen molar-refractivity contribution in [1.82, 2.24) is 0 Å². The number of aliphatic hydroxyl groups excluding tert-OH is 1. The van der Waals surface area contributed by atoms with Gasteiger partial charge in [-0.15, -0.1) is 0 Å². The van der Waals surface area contributed by atoms with Crippen molar-refractivity contribution in [1.29, 1.82) is 0 Å². The number of aromatic hydroxyl groups is 1. The van der Waals surface area contributed by atoms with E-state index in [2.05, 4.69) is 15.9 Å². The molecule has 1 rings (SSSR count). The van der Waals surface area contributed by atoms with Gasteiger partial charge in [-0.25, -0.2) is 0 Å². The zero-order valence-corrected chi connectivity index (χ0v) is 10.7. The predicted octanol–water partition coefficient (Wildman–Crippen LogP) is 2.60. The molecule has 1 aromatic carbocycles. The first-order chi connectivity index (χ1) is 6.54. The van der Waals surface area contributed by atoms with Gasteiger partial charge in [0.25, 0.3) is 0 Å². The number of phenols is 1. The molecule has 0 aliphatic rings. The van der Waals surface area contributed by atoms with E-state index in [0.29, 0.717) is 11.4 Å². The van der Waals surface area contributed by atoms with Crippen LogP contribution < -0.4 is 0 Å². The summed E-state index contributed by atoms with van der Waals surface area (Å²) in [5, 5.41) is 19.0. The smallest absolute Gasteiger partial charge is 0.120 e. The van der Waals surface area contributed by atoms with Crippen LogP contribution in [0.3, 0.4) is 0 Å². The first-order valence-corrected chi connectivity index (χ1v) is 5.49. The minimum absolute atomic E-state index is 0. The third kappa shape index (κ3) is 4.05. The largest absolute Gasteiger partial charge is 0.508 e.